The molecule has 0 N–H and O–H groups in total. The molecular weight excluding hydrogens is 282 g/mol. The minimum atomic E-state index is -0.612. The van der Waals surface area contributed by atoms with Crippen molar-refractivity contribution >= 4 is 11.8 Å². The second kappa shape index (κ2) is 4.55. The van der Waals surface area contributed by atoms with Crippen LogP contribution in [0.1, 0.15) is 28.8 Å². The van der Waals surface area contributed by atoms with Gasteiger partial charge >= 0.3 is 0 Å². The third-order valence-electron chi connectivity index (χ3n) is 4.90. The molecule has 3 aliphatic heterocycles. The summed E-state index contributed by atoms with van der Waals surface area (Å²) in [5.74, 6) is -0.0742. The predicted molar refractivity (Wildman–Crippen MR) is 75.6 cm³/mol. The number of carbonyl (C=O) groups is 2. The van der Waals surface area contributed by atoms with E-state index < -0.39 is 5.72 Å². The van der Waals surface area contributed by atoms with Crippen molar-refractivity contribution < 1.29 is 14.3 Å². The molecule has 1 aromatic rings. The van der Waals surface area contributed by atoms with E-state index >= 15 is 0 Å². The second-order valence-electron chi connectivity index (χ2n) is 5.90. The highest BCUT2D eigenvalue weighted by atomic mass is 16.5. The molecule has 2 atom stereocenters. The van der Waals surface area contributed by atoms with Gasteiger partial charge in [0.1, 0.15) is 0 Å². The van der Waals surface area contributed by atoms with Crippen LogP contribution in [-0.4, -0.2) is 53.1 Å². The number of ether oxygens (including phenoxy) is 1. The number of likely N-dealkylation sites (tertiary alicyclic amines) is 1. The zero-order valence-electron chi connectivity index (χ0n) is 12.0. The first-order valence-corrected chi connectivity index (χ1v) is 7.41. The maximum Gasteiger partial charge on any atom is 0.254 e. The van der Waals surface area contributed by atoms with E-state index in [1.165, 1.54) is 0 Å². The zero-order chi connectivity index (χ0) is 15.3. The Balaban J connectivity index is 1.65. The molecule has 1 spiro atoms. The van der Waals surface area contributed by atoms with Crippen LogP contribution in [-0.2, 0) is 9.53 Å². The Morgan fingerprint density at radius 3 is 3.09 bits per heavy atom. The molecular formula is C16H15N3O3. The third-order valence-corrected chi connectivity index (χ3v) is 4.90. The maximum absolute atomic E-state index is 12.8. The van der Waals surface area contributed by atoms with E-state index in [9.17, 15) is 9.59 Å². The Labute approximate surface area is 127 Å². The first-order valence-electron chi connectivity index (χ1n) is 7.41. The van der Waals surface area contributed by atoms with E-state index in [4.69, 9.17) is 10.00 Å². The average Bonchev–Trinajstić information content (AvgIpc) is 3.18. The summed E-state index contributed by atoms with van der Waals surface area (Å²) in [6, 6.07) is 8.50. The van der Waals surface area contributed by atoms with Crippen LogP contribution in [0.3, 0.4) is 0 Å². The molecule has 3 aliphatic rings. The van der Waals surface area contributed by atoms with E-state index in [1.54, 1.807) is 34.1 Å². The number of rotatable bonds is 1. The first-order chi connectivity index (χ1) is 10.7. The molecule has 1 aromatic carbocycles. The number of hydrogen-bond acceptors (Lipinski definition) is 4. The van der Waals surface area contributed by atoms with Crippen LogP contribution in [0.15, 0.2) is 24.3 Å². The summed E-state index contributed by atoms with van der Waals surface area (Å²) in [6.07, 6.45) is 0.983. The molecule has 6 nitrogen and oxygen atoms in total. The molecule has 2 amide bonds. The number of benzene rings is 1. The van der Waals surface area contributed by atoms with Crippen LogP contribution in [0.5, 0.6) is 0 Å². The standard InChI is InChI=1S/C16H15N3O3/c17-10-11-2-1-3-12(8-11)15(21)18-5-4-16-13(18)9-14(20)19(16)6-7-22-16/h1-3,8,13H,4-7,9H2/t13-,16+/m1/s1. The lowest BCUT2D eigenvalue weighted by molar-refractivity contribution is -0.136. The topological polar surface area (TPSA) is 73.6 Å². The van der Waals surface area contributed by atoms with Crippen molar-refractivity contribution in [1.82, 2.24) is 9.80 Å². The summed E-state index contributed by atoms with van der Waals surface area (Å²) in [4.78, 5) is 28.4. The molecule has 3 heterocycles. The highest BCUT2D eigenvalue weighted by Crippen LogP contribution is 2.45. The smallest absolute Gasteiger partial charge is 0.254 e. The quantitative estimate of drug-likeness (QED) is 0.766. The molecule has 0 aromatic heterocycles. The van der Waals surface area contributed by atoms with Crippen molar-refractivity contribution in [2.45, 2.75) is 24.6 Å². The van der Waals surface area contributed by atoms with Crippen molar-refractivity contribution in [3.63, 3.8) is 0 Å². The van der Waals surface area contributed by atoms with Gasteiger partial charge in [-0.05, 0) is 18.2 Å². The van der Waals surface area contributed by atoms with Gasteiger partial charge in [0.2, 0.25) is 5.91 Å². The van der Waals surface area contributed by atoms with E-state index in [1.807, 2.05) is 6.07 Å². The zero-order valence-corrected chi connectivity index (χ0v) is 12.0. The lowest BCUT2D eigenvalue weighted by atomic mass is 10.1. The van der Waals surface area contributed by atoms with Gasteiger partial charge in [0.25, 0.3) is 5.91 Å². The van der Waals surface area contributed by atoms with E-state index in [0.717, 1.165) is 0 Å². The molecule has 3 fully saturated rings. The Kier molecular flexibility index (Phi) is 2.75. The van der Waals surface area contributed by atoms with Crippen molar-refractivity contribution in [1.29, 1.82) is 5.26 Å². The van der Waals surface area contributed by atoms with Crippen molar-refractivity contribution in [3.05, 3.63) is 35.4 Å². The summed E-state index contributed by atoms with van der Waals surface area (Å²) < 4.78 is 5.88. The van der Waals surface area contributed by atoms with Crippen molar-refractivity contribution in [3.8, 4) is 6.07 Å². The van der Waals surface area contributed by atoms with Gasteiger partial charge in [-0.15, -0.1) is 0 Å². The summed E-state index contributed by atoms with van der Waals surface area (Å²) in [6.45, 7) is 1.72. The molecule has 0 saturated carbocycles. The van der Waals surface area contributed by atoms with Gasteiger partial charge in [-0.2, -0.15) is 5.26 Å². The number of amides is 2. The van der Waals surface area contributed by atoms with Gasteiger partial charge < -0.3 is 14.5 Å². The van der Waals surface area contributed by atoms with Crippen LogP contribution in [0, 0.1) is 11.3 Å². The van der Waals surface area contributed by atoms with E-state index in [2.05, 4.69) is 0 Å². The SMILES string of the molecule is N#Cc1cccc(C(=O)N2CC[C@@]34OCCN3C(=O)C[C@@H]24)c1. The van der Waals surface area contributed by atoms with Crippen LogP contribution in [0.2, 0.25) is 0 Å². The minimum Gasteiger partial charge on any atom is -0.351 e. The summed E-state index contributed by atoms with van der Waals surface area (Å²) in [5, 5.41) is 8.97. The molecule has 0 unspecified atom stereocenters. The molecule has 112 valence electrons. The largest absolute Gasteiger partial charge is 0.351 e. The predicted octanol–water partition coefficient (Wildman–Crippen LogP) is 0.732. The van der Waals surface area contributed by atoms with Crippen LogP contribution < -0.4 is 0 Å². The normalized spacial score (nSPS) is 29.4. The van der Waals surface area contributed by atoms with Crippen LogP contribution in [0.4, 0.5) is 0 Å². The van der Waals surface area contributed by atoms with Crippen LogP contribution >= 0.6 is 0 Å². The van der Waals surface area contributed by atoms with Crippen molar-refractivity contribution in [2.24, 2.45) is 0 Å². The number of carbonyl (C=O) groups excluding carboxylic acids is 2. The molecule has 0 radical (unpaired) electrons. The van der Waals surface area contributed by atoms with Gasteiger partial charge in [0, 0.05) is 25.1 Å². The van der Waals surface area contributed by atoms with Gasteiger partial charge in [-0.1, -0.05) is 6.07 Å². The molecule has 4 rings (SSSR count). The van der Waals surface area contributed by atoms with Crippen LogP contribution in [0.25, 0.3) is 0 Å². The molecule has 22 heavy (non-hydrogen) atoms. The fourth-order valence-electron chi connectivity index (χ4n) is 3.92. The number of nitriles is 1. The Bertz CT molecular complexity index is 711. The minimum absolute atomic E-state index is 0.0609. The highest BCUT2D eigenvalue weighted by Gasteiger charge is 2.62. The van der Waals surface area contributed by atoms with Gasteiger partial charge in [0.05, 0.1) is 30.7 Å². The Morgan fingerprint density at radius 1 is 1.41 bits per heavy atom. The summed E-state index contributed by atoms with van der Waals surface area (Å²) in [5.41, 5.74) is 0.334. The second-order valence-corrected chi connectivity index (χ2v) is 5.90. The van der Waals surface area contributed by atoms with Gasteiger partial charge in [0.15, 0.2) is 5.72 Å². The monoisotopic (exact) mass is 297 g/mol. The average molecular weight is 297 g/mol. The lowest BCUT2D eigenvalue weighted by Crippen LogP contribution is -2.48. The van der Waals surface area contributed by atoms with E-state index in [-0.39, 0.29) is 17.9 Å². The number of hydrogen-bond donors (Lipinski definition) is 0. The van der Waals surface area contributed by atoms with Crippen molar-refractivity contribution in [2.75, 3.05) is 19.7 Å². The Morgan fingerprint density at radius 2 is 2.27 bits per heavy atom. The Hall–Kier alpha value is -2.39. The van der Waals surface area contributed by atoms with E-state index in [0.29, 0.717) is 43.7 Å². The van der Waals surface area contributed by atoms with Gasteiger partial charge in [-0.3, -0.25) is 9.59 Å². The summed E-state index contributed by atoms with van der Waals surface area (Å²) >= 11 is 0. The first kappa shape index (κ1) is 13.3. The molecule has 3 saturated heterocycles. The summed E-state index contributed by atoms with van der Waals surface area (Å²) in [7, 11) is 0. The number of nitrogens with zero attached hydrogens (tertiary/aromatic N) is 3. The third kappa shape index (κ3) is 1.63. The molecule has 0 aliphatic carbocycles. The fourth-order valence-corrected chi connectivity index (χ4v) is 3.92. The fraction of sp³-hybridized carbons (Fsp3) is 0.438. The molecule has 0 bridgehead atoms. The lowest BCUT2D eigenvalue weighted by Gasteiger charge is -2.31. The molecule has 6 heteroatoms. The highest BCUT2D eigenvalue weighted by molar-refractivity contribution is 5.96. The van der Waals surface area contributed by atoms with Gasteiger partial charge in [-0.25, -0.2) is 0 Å². The maximum atomic E-state index is 12.8.